The van der Waals surface area contributed by atoms with Gasteiger partial charge in [0.25, 0.3) is 0 Å². The van der Waals surface area contributed by atoms with Crippen LogP contribution in [0, 0.1) is 0 Å². The molecule has 0 saturated heterocycles. The van der Waals surface area contributed by atoms with Gasteiger partial charge in [0.05, 0.1) is 17.1 Å². The lowest BCUT2D eigenvalue weighted by Crippen LogP contribution is -2.30. The Morgan fingerprint density at radius 3 is 1.80 bits per heavy atom. The molecule has 0 atom stereocenters. The topological polar surface area (TPSA) is 6.48 Å². The average molecular weight is 579 g/mol. The second kappa shape index (κ2) is 10.8. The number of hydrogen-bond acceptors (Lipinski definition) is 2. The van der Waals surface area contributed by atoms with Crippen LogP contribution in [-0.2, 0) is 5.41 Å². The van der Waals surface area contributed by atoms with E-state index in [0.717, 1.165) is 11.4 Å². The largest absolute Gasteiger partial charge is 0.317 e. The Morgan fingerprint density at radius 1 is 0.489 bits per heavy atom. The molecule has 0 bridgehead atoms. The summed E-state index contributed by atoms with van der Waals surface area (Å²) in [6.07, 6.45) is 4.41. The lowest BCUT2D eigenvalue weighted by molar-refractivity contribution is 0.632. The molecule has 8 rings (SSSR count). The van der Waals surface area contributed by atoms with Crippen LogP contribution in [0.25, 0.3) is 27.6 Å². The van der Waals surface area contributed by atoms with Crippen molar-refractivity contribution in [1.82, 2.24) is 0 Å². The quantitative estimate of drug-likeness (QED) is 0.187. The van der Waals surface area contributed by atoms with Crippen LogP contribution in [0.4, 0.5) is 28.4 Å². The van der Waals surface area contributed by atoms with E-state index in [1.807, 2.05) is 0 Å². The minimum atomic E-state index is -0.183. The number of fused-ring (bicyclic) bond motifs is 5. The van der Waals surface area contributed by atoms with Gasteiger partial charge in [-0.2, -0.15) is 0 Å². The fourth-order valence-corrected chi connectivity index (χ4v) is 6.96. The normalized spacial score (nSPS) is 13.6. The van der Waals surface area contributed by atoms with Crippen molar-refractivity contribution in [3.05, 3.63) is 181 Å². The van der Waals surface area contributed by atoms with Crippen LogP contribution in [0.1, 0.15) is 30.5 Å². The molecule has 1 aliphatic heterocycles. The van der Waals surface area contributed by atoms with Crippen molar-refractivity contribution >= 4 is 56.1 Å². The van der Waals surface area contributed by atoms with E-state index in [1.165, 1.54) is 55.3 Å². The SMILES string of the molecule is CC1(C)c2ccccc2N(c2cc3ccccc3c3ccccc23)c2ccc(/C=C/N(c3ccccc3)c3ccccc3)cc21. The molecule has 0 unspecified atom stereocenters. The van der Waals surface area contributed by atoms with Crippen molar-refractivity contribution in [3.63, 3.8) is 0 Å². The predicted octanol–water partition coefficient (Wildman–Crippen LogP) is 11.9. The summed E-state index contributed by atoms with van der Waals surface area (Å²) < 4.78 is 0. The van der Waals surface area contributed by atoms with Crippen molar-refractivity contribution < 1.29 is 0 Å². The van der Waals surface area contributed by atoms with E-state index in [1.54, 1.807) is 0 Å². The van der Waals surface area contributed by atoms with Gasteiger partial charge in [-0.3, -0.25) is 0 Å². The third-order valence-corrected chi connectivity index (χ3v) is 9.23. The molecule has 7 aromatic carbocycles. The minimum absolute atomic E-state index is 0.183. The first kappa shape index (κ1) is 27.0. The van der Waals surface area contributed by atoms with E-state index >= 15 is 0 Å². The molecule has 0 spiro atoms. The van der Waals surface area contributed by atoms with E-state index in [-0.39, 0.29) is 5.41 Å². The zero-order valence-electron chi connectivity index (χ0n) is 25.6. The Hall–Kier alpha value is -5.60. The molecule has 45 heavy (non-hydrogen) atoms. The van der Waals surface area contributed by atoms with Crippen molar-refractivity contribution in [1.29, 1.82) is 0 Å². The summed E-state index contributed by atoms with van der Waals surface area (Å²) >= 11 is 0. The van der Waals surface area contributed by atoms with Gasteiger partial charge in [-0.15, -0.1) is 0 Å². The highest BCUT2D eigenvalue weighted by atomic mass is 15.2. The van der Waals surface area contributed by atoms with E-state index in [0.29, 0.717) is 0 Å². The van der Waals surface area contributed by atoms with Gasteiger partial charge in [0, 0.05) is 28.4 Å². The zero-order chi connectivity index (χ0) is 30.4. The highest BCUT2D eigenvalue weighted by molar-refractivity contribution is 6.15. The zero-order valence-corrected chi connectivity index (χ0v) is 25.6. The summed E-state index contributed by atoms with van der Waals surface area (Å²) in [5, 5.41) is 5.05. The maximum absolute atomic E-state index is 2.48. The van der Waals surface area contributed by atoms with Crippen LogP contribution < -0.4 is 9.80 Å². The smallest absolute Gasteiger partial charge is 0.0546 e. The summed E-state index contributed by atoms with van der Waals surface area (Å²) in [5.41, 5.74) is 9.53. The number of benzene rings is 7. The summed E-state index contributed by atoms with van der Waals surface area (Å²) in [5.74, 6) is 0. The number of rotatable bonds is 5. The van der Waals surface area contributed by atoms with Crippen LogP contribution in [0.15, 0.2) is 164 Å². The maximum atomic E-state index is 2.48. The van der Waals surface area contributed by atoms with Crippen LogP contribution >= 0.6 is 0 Å². The van der Waals surface area contributed by atoms with E-state index in [9.17, 15) is 0 Å². The molecule has 0 saturated carbocycles. The minimum Gasteiger partial charge on any atom is -0.317 e. The van der Waals surface area contributed by atoms with Crippen molar-refractivity contribution in [2.45, 2.75) is 19.3 Å². The molecule has 2 heteroatoms. The first-order chi connectivity index (χ1) is 22.1. The van der Waals surface area contributed by atoms with Crippen LogP contribution in [0.5, 0.6) is 0 Å². The van der Waals surface area contributed by atoms with Gasteiger partial charge < -0.3 is 9.80 Å². The lowest BCUT2D eigenvalue weighted by Gasteiger charge is -2.42. The number of nitrogens with zero attached hydrogens (tertiary/aromatic N) is 2. The molecule has 1 heterocycles. The number of para-hydroxylation sites is 3. The molecule has 1 aliphatic rings. The van der Waals surface area contributed by atoms with Gasteiger partial charge in [-0.1, -0.05) is 123 Å². The molecule has 0 N–H and O–H groups in total. The molecule has 0 fully saturated rings. The Kier molecular flexibility index (Phi) is 6.50. The number of anilines is 5. The lowest BCUT2D eigenvalue weighted by atomic mass is 9.73. The molecule has 7 aromatic rings. The standard InChI is InChI=1S/C43H34N2/c1-43(2)38-23-13-14-24-40(38)45(42-30-32-15-9-10-20-35(32)36-21-11-12-22-37(36)42)41-26-25-31(29-39(41)43)27-28-44(33-16-5-3-6-17-33)34-18-7-4-8-19-34/h3-30H,1-2H3/b28-27+. The fraction of sp³-hybridized carbons (Fsp3) is 0.0698. The summed E-state index contributed by atoms with van der Waals surface area (Å²) in [6, 6.07) is 56.8. The van der Waals surface area contributed by atoms with E-state index < -0.39 is 0 Å². The van der Waals surface area contributed by atoms with E-state index in [4.69, 9.17) is 0 Å². The summed E-state index contributed by atoms with van der Waals surface area (Å²) in [6.45, 7) is 4.71. The van der Waals surface area contributed by atoms with E-state index in [2.05, 4.69) is 194 Å². The van der Waals surface area contributed by atoms with Crippen LogP contribution in [0.2, 0.25) is 0 Å². The van der Waals surface area contributed by atoms with Gasteiger partial charge in [-0.05, 0) is 87.5 Å². The highest BCUT2D eigenvalue weighted by Crippen LogP contribution is 2.53. The highest BCUT2D eigenvalue weighted by Gasteiger charge is 2.37. The Bertz CT molecular complexity index is 2160. The monoisotopic (exact) mass is 578 g/mol. The Labute approximate surface area is 265 Å². The second-order valence-corrected chi connectivity index (χ2v) is 12.3. The van der Waals surface area contributed by atoms with Crippen LogP contribution in [-0.4, -0.2) is 0 Å². The predicted molar refractivity (Wildman–Crippen MR) is 192 cm³/mol. The molecular weight excluding hydrogens is 544 g/mol. The third-order valence-electron chi connectivity index (χ3n) is 9.23. The van der Waals surface area contributed by atoms with Gasteiger partial charge in [0.15, 0.2) is 0 Å². The van der Waals surface area contributed by atoms with Crippen molar-refractivity contribution in [2.24, 2.45) is 0 Å². The van der Waals surface area contributed by atoms with Gasteiger partial charge >= 0.3 is 0 Å². The maximum Gasteiger partial charge on any atom is 0.0546 e. The first-order valence-corrected chi connectivity index (χ1v) is 15.6. The fourth-order valence-electron chi connectivity index (χ4n) is 6.96. The molecule has 0 aromatic heterocycles. The Morgan fingerprint density at radius 2 is 1.07 bits per heavy atom. The van der Waals surface area contributed by atoms with Gasteiger partial charge in [-0.25, -0.2) is 0 Å². The van der Waals surface area contributed by atoms with Crippen LogP contribution in [0.3, 0.4) is 0 Å². The van der Waals surface area contributed by atoms with Gasteiger partial charge in [0.1, 0.15) is 0 Å². The molecule has 0 aliphatic carbocycles. The molecule has 2 nitrogen and oxygen atoms in total. The molecule has 216 valence electrons. The molecular formula is C43H34N2. The second-order valence-electron chi connectivity index (χ2n) is 12.3. The average Bonchev–Trinajstić information content (AvgIpc) is 3.10. The van der Waals surface area contributed by atoms with Crippen molar-refractivity contribution in [2.75, 3.05) is 9.80 Å². The number of hydrogen-bond donors (Lipinski definition) is 0. The summed E-state index contributed by atoms with van der Waals surface area (Å²) in [4.78, 5) is 4.73. The summed E-state index contributed by atoms with van der Waals surface area (Å²) in [7, 11) is 0. The van der Waals surface area contributed by atoms with Gasteiger partial charge in [0.2, 0.25) is 0 Å². The third kappa shape index (κ3) is 4.58. The molecule has 0 amide bonds. The van der Waals surface area contributed by atoms with Crippen molar-refractivity contribution in [3.8, 4) is 0 Å². The molecule has 0 radical (unpaired) electrons. The first-order valence-electron chi connectivity index (χ1n) is 15.6. The Balaban J connectivity index is 1.30.